The van der Waals surface area contributed by atoms with Crippen LogP contribution in [0.2, 0.25) is 0 Å². The minimum atomic E-state index is -0.0762. The molecule has 0 aliphatic carbocycles. The van der Waals surface area contributed by atoms with E-state index in [9.17, 15) is 0 Å². The lowest BCUT2D eigenvalue weighted by Crippen LogP contribution is -2.27. The highest BCUT2D eigenvalue weighted by Gasteiger charge is 2.20. The Balaban J connectivity index is 1.96. The summed E-state index contributed by atoms with van der Waals surface area (Å²) in [5, 5.41) is 3.64. The maximum absolute atomic E-state index is 5.38. The molecule has 0 aliphatic rings. The van der Waals surface area contributed by atoms with Gasteiger partial charge in [0.05, 0.1) is 30.2 Å². The Labute approximate surface area is 148 Å². The molecule has 0 aliphatic heterocycles. The summed E-state index contributed by atoms with van der Waals surface area (Å²) in [4.78, 5) is 13.4. The van der Waals surface area contributed by atoms with Crippen molar-refractivity contribution < 1.29 is 4.74 Å². The van der Waals surface area contributed by atoms with Crippen LogP contribution in [0.3, 0.4) is 0 Å². The lowest BCUT2D eigenvalue weighted by molar-refractivity contribution is 0.412. The lowest BCUT2D eigenvalue weighted by atomic mass is 10.0. The van der Waals surface area contributed by atoms with Gasteiger partial charge in [-0.2, -0.15) is 0 Å². The largest absolute Gasteiger partial charge is 0.497 e. The van der Waals surface area contributed by atoms with Gasteiger partial charge in [0.15, 0.2) is 0 Å². The highest BCUT2D eigenvalue weighted by Crippen LogP contribution is 2.27. The Hall–Kier alpha value is -2.79. The second kappa shape index (κ2) is 7.85. The van der Waals surface area contributed by atoms with Gasteiger partial charge in [-0.25, -0.2) is 0 Å². The molecule has 3 rings (SSSR count). The summed E-state index contributed by atoms with van der Waals surface area (Å²) >= 11 is 0. The van der Waals surface area contributed by atoms with E-state index in [1.54, 1.807) is 19.5 Å². The normalized spacial score (nSPS) is 13.2. The van der Waals surface area contributed by atoms with Crippen molar-refractivity contribution in [3.8, 4) is 5.75 Å². The maximum atomic E-state index is 5.38. The number of rotatable bonds is 6. The molecule has 5 heteroatoms. The van der Waals surface area contributed by atoms with Gasteiger partial charge in [0.1, 0.15) is 5.75 Å². The van der Waals surface area contributed by atoms with E-state index in [0.717, 1.165) is 28.4 Å². The summed E-state index contributed by atoms with van der Waals surface area (Å²) in [6.07, 6.45) is 5.24. The van der Waals surface area contributed by atoms with E-state index in [0.29, 0.717) is 0 Å². The third kappa shape index (κ3) is 4.00. The molecule has 5 nitrogen and oxygen atoms in total. The maximum Gasteiger partial charge on any atom is 0.119 e. The average Bonchev–Trinajstić information content (AvgIpc) is 2.67. The molecule has 0 saturated heterocycles. The van der Waals surface area contributed by atoms with Gasteiger partial charge in [-0.1, -0.05) is 18.2 Å². The van der Waals surface area contributed by atoms with E-state index in [2.05, 4.69) is 33.3 Å². The Morgan fingerprint density at radius 1 is 0.960 bits per heavy atom. The van der Waals surface area contributed by atoms with E-state index in [-0.39, 0.29) is 12.1 Å². The number of aromatic nitrogens is 3. The van der Waals surface area contributed by atoms with E-state index in [1.165, 1.54) is 0 Å². The fourth-order valence-corrected chi connectivity index (χ4v) is 2.89. The van der Waals surface area contributed by atoms with Crippen molar-refractivity contribution in [2.24, 2.45) is 0 Å². The standard InChI is InChI=1S/C20H22N4O/c1-14-19(23-12-11-21-14)15(2)24-20(18-9-4-5-10-22-18)16-7-6-8-17(13-16)25-3/h4-13,15,20,24H,1-3H3/t15-,20+/m0/s1. The molecule has 0 fully saturated rings. The van der Waals surface area contributed by atoms with Gasteiger partial charge in [0, 0.05) is 24.6 Å². The molecule has 0 radical (unpaired) electrons. The number of aryl methyl sites for hydroxylation is 1. The van der Waals surface area contributed by atoms with Gasteiger partial charge < -0.3 is 4.74 Å². The van der Waals surface area contributed by atoms with Crippen LogP contribution in [0.15, 0.2) is 61.1 Å². The SMILES string of the molecule is COc1cccc([C@@H](N[C@@H](C)c2nccnc2C)c2ccccn2)c1. The van der Waals surface area contributed by atoms with Crippen LogP contribution in [0.5, 0.6) is 5.75 Å². The molecular weight excluding hydrogens is 312 g/mol. The first-order chi connectivity index (χ1) is 12.2. The number of pyridine rings is 1. The zero-order valence-electron chi connectivity index (χ0n) is 14.7. The number of hydrogen-bond acceptors (Lipinski definition) is 5. The summed E-state index contributed by atoms with van der Waals surface area (Å²) in [5.41, 5.74) is 3.90. The Bertz CT molecular complexity index is 823. The van der Waals surface area contributed by atoms with E-state index < -0.39 is 0 Å². The first-order valence-corrected chi connectivity index (χ1v) is 8.27. The summed E-state index contributed by atoms with van der Waals surface area (Å²) in [6.45, 7) is 4.06. The van der Waals surface area contributed by atoms with Gasteiger partial charge in [-0.15, -0.1) is 0 Å². The van der Waals surface area contributed by atoms with E-state index >= 15 is 0 Å². The van der Waals surface area contributed by atoms with Crippen molar-refractivity contribution >= 4 is 0 Å². The van der Waals surface area contributed by atoms with Crippen LogP contribution in [0.25, 0.3) is 0 Å². The molecule has 3 aromatic rings. The predicted molar refractivity (Wildman–Crippen MR) is 97.4 cm³/mol. The number of benzene rings is 1. The zero-order chi connectivity index (χ0) is 17.6. The molecule has 2 heterocycles. The van der Waals surface area contributed by atoms with Crippen LogP contribution in [-0.2, 0) is 0 Å². The van der Waals surface area contributed by atoms with Crippen molar-refractivity contribution in [1.29, 1.82) is 0 Å². The molecule has 2 aromatic heterocycles. The summed E-state index contributed by atoms with van der Waals surface area (Å²) < 4.78 is 5.38. The fourth-order valence-electron chi connectivity index (χ4n) is 2.89. The Morgan fingerprint density at radius 2 is 1.80 bits per heavy atom. The molecule has 0 amide bonds. The molecular formula is C20H22N4O. The summed E-state index contributed by atoms with van der Waals surface area (Å²) in [7, 11) is 1.67. The van der Waals surface area contributed by atoms with Crippen LogP contribution in [-0.4, -0.2) is 22.1 Å². The van der Waals surface area contributed by atoms with Gasteiger partial charge >= 0.3 is 0 Å². The molecule has 1 aromatic carbocycles. The van der Waals surface area contributed by atoms with Crippen LogP contribution >= 0.6 is 0 Å². The lowest BCUT2D eigenvalue weighted by Gasteiger charge is -2.24. The molecule has 25 heavy (non-hydrogen) atoms. The molecule has 0 unspecified atom stereocenters. The summed E-state index contributed by atoms with van der Waals surface area (Å²) in [6, 6.07) is 13.9. The first kappa shape index (κ1) is 17.0. The fraction of sp³-hybridized carbons (Fsp3) is 0.250. The smallest absolute Gasteiger partial charge is 0.119 e. The predicted octanol–water partition coefficient (Wildman–Crippen LogP) is 3.63. The number of nitrogens with one attached hydrogen (secondary N) is 1. The van der Waals surface area contributed by atoms with E-state index in [4.69, 9.17) is 4.74 Å². The van der Waals surface area contributed by atoms with Gasteiger partial charge in [-0.3, -0.25) is 20.3 Å². The van der Waals surface area contributed by atoms with Gasteiger partial charge in [0.2, 0.25) is 0 Å². The van der Waals surface area contributed by atoms with Crippen molar-refractivity contribution in [2.45, 2.75) is 25.9 Å². The number of hydrogen-bond donors (Lipinski definition) is 1. The molecule has 0 spiro atoms. The van der Waals surface area contributed by atoms with Gasteiger partial charge in [-0.05, 0) is 43.7 Å². The highest BCUT2D eigenvalue weighted by atomic mass is 16.5. The monoisotopic (exact) mass is 334 g/mol. The molecule has 2 atom stereocenters. The molecule has 0 bridgehead atoms. The quantitative estimate of drug-likeness (QED) is 0.746. The summed E-state index contributed by atoms with van der Waals surface area (Å²) in [5.74, 6) is 0.823. The second-order valence-corrected chi connectivity index (χ2v) is 5.88. The molecule has 0 saturated carbocycles. The van der Waals surface area contributed by atoms with Crippen LogP contribution < -0.4 is 10.1 Å². The Kier molecular flexibility index (Phi) is 5.36. The Morgan fingerprint density at radius 3 is 2.52 bits per heavy atom. The number of ether oxygens (including phenoxy) is 1. The molecule has 128 valence electrons. The van der Waals surface area contributed by atoms with Crippen molar-refractivity contribution in [1.82, 2.24) is 20.3 Å². The van der Waals surface area contributed by atoms with Crippen molar-refractivity contribution in [2.75, 3.05) is 7.11 Å². The van der Waals surface area contributed by atoms with Crippen LogP contribution in [0.1, 0.15) is 41.7 Å². The average molecular weight is 334 g/mol. The third-order valence-corrected chi connectivity index (χ3v) is 4.16. The van der Waals surface area contributed by atoms with Crippen LogP contribution in [0.4, 0.5) is 0 Å². The third-order valence-electron chi connectivity index (χ3n) is 4.16. The first-order valence-electron chi connectivity index (χ1n) is 8.27. The topological polar surface area (TPSA) is 59.9 Å². The van der Waals surface area contributed by atoms with Crippen molar-refractivity contribution in [3.05, 3.63) is 83.7 Å². The minimum Gasteiger partial charge on any atom is -0.497 e. The minimum absolute atomic E-state index is 0.0203. The molecule has 1 N–H and O–H groups in total. The number of nitrogens with zero attached hydrogens (tertiary/aromatic N) is 3. The highest BCUT2D eigenvalue weighted by molar-refractivity contribution is 5.35. The van der Waals surface area contributed by atoms with E-state index in [1.807, 2.05) is 49.5 Å². The van der Waals surface area contributed by atoms with Crippen LogP contribution in [0, 0.1) is 6.92 Å². The number of methoxy groups -OCH3 is 1. The second-order valence-electron chi connectivity index (χ2n) is 5.88. The van der Waals surface area contributed by atoms with Gasteiger partial charge in [0.25, 0.3) is 0 Å². The van der Waals surface area contributed by atoms with Crippen molar-refractivity contribution in [3.63, 3.8) is 0 Å². The zero-order valence-corrected chi connectivity index (χ0v) is 14.7.